The van der Waals surface area contributed by atoms with Gasteiger partial charge in [-0.05, 0) is 18.1 Å². The highest BCUT2D eigenvalue weighted by Gasteiger charge is 2.26. The Balaban J connectivity index is 2.35. The van der Waals surface area contributed by atoms with Crippen molar-refractivity contribution in [3.8, 4) is 0 Å². The quantitative estimate of drug-likeness (QED) is 0.768. The summed E-state index contributed by atoms with van der Waals surface area (Å²) >= 11 is 0. The summed E-state index contributed by atoms with van der Waals surface area (Å²) in [5, 5.41) is 4.54. The monoisotopic (exact) mass is 243 g/mol. The minimum atomic E-state index is -0.236. The summed E-state index contributed by atoms with van der Waals surface area (Å²) in [5.41, 5.74) is 0.529. The smallest absolute Gasteiger partial charge is 0.282 e. The summed E-state index contributed by atoms with van der Waals surface area (Å²) in [6.07, 6.45) is 1.08. The van der Waals surface area contributed by atoms with Crippen molar-refractivity contribution in [3.05, 3.63) is 40.4 Å². The van der Waals surface area contributed by atoms with Crippen molar-refractivity contribution < 1.29 is 4.74 Å². The van der Waals surface area contributed by atoms with Crippen molar-refractivity contribution in [2.45, 2.75) is 20.0 Å². The van der Waals surface area contributed by atoms with Crippen LogP contribution in [0, 0.1) is 5.92 Å². The molecule has 5 nitrogen and oxygen atoms in total. The second-order valence-corrected chi connectivity index (χ2v) is 4.63. The van der Waals surface area contributed by atoms with Crippen LogP contribution >= 0.6 is 0 Å². The molecule has 0 saturated carbocycles. The van der Waals surface area contributed by atoms with Gasteiger partial charge in [-0.15, -0.1) is 5.10 Å². The minimum Gasteiger partial charge on any atom is -0.470 e. The Bertz CT molecular complexity index is 688. The molecular formula is C13H13N3O2. The van der Waals surface area contributed by atoms with Gasteiger partial charge in [-0.25, -0.2) is 4.98 Å². The molecule has 0 amide bonds. The molecule has 92 valence electrons. The Morgan fingerprint density at radius 1 is 1.33 bits per heavy atom. The van der Waals surface area contributed by atoms with E-state index in [1.54, 1.807) is 6.07 Å². The van der Waals surface area contributed by atoms with E-state index < -0.39 is 0 Å². The van der Waals surface area contributed by atoms with Crippen LogP contribution in [-0.4, -0.2) is 16.1 Å². The summed E-state index contributed by atoms with van der Waals surface area (Å²) in [6.45, 7) is 4.05. The fourth-order valence-electron chi connectivity index (χ4n) is 2.09. The summed E-state index contributed by atoms with van der Waals surface area (Å²) in [7, 11) is 0. The van der Waals surface area contributed by atoms with E-state index in [0.29, 0.717) is 16.7 Å². The van der Waals surface area contributed by atoms with Crippen LogP contribution in [0.3, 0.4) is 0 Å². The van der Waals surface area contributed by atoms with Gasteiger partial charge in [0.05, 0.1) is 10.9 Å². The number of nitrogens with zero attached hydrogens (tertiary/aromatic N) is 3. The molecule has 1 aromatic heterocycles. The molecule has 1 unspecified atom stereocenters. The first kappa shape index (κ1) is 11.0. The van der Waals surface area contributed by atoms with E-state index in [0.717, 1.165) is 0 Å². The second kappa shape index (κ2) is 3.94. The third-order valence-electron chi connectivity index (χ3n) is 3.01. The van der Waals surface area contributed by atoms with E-state index in [-0.39, 0.29) is 17.6 Å². The SMILES string of the molecule is CC(C)C1OC=Nn2c1nc1ccccc1c2=O. The normalized spacial score (nSPS) is 17.8. The summed E-state index contributed by atoms with van der Waals surface area (Å²) in [5.74, 6) is 0.785. The Kier molecular flexibility index (Phi) is 2.40. The van der Waals surface area contributed by atoms with Gasteiger partial charge in [-0.2, -0.15) is 4.68 Å². The number of hydrogen-bond donors (Lipinski definition) is 0. The lowest BCUT2D eigenvalue weighted by atomic mass is 10.1. The Morgan fingerprint density at radius 3 is 2.89 bits per heavy atom. The number of benzene rings is 1. The molecule has 2 aromatic rings. The molecule has 0 radical (unpaired) electrons. The molecule has 18 heavy (non-hydrogen) atoms. The van der Waals surface area contributed by atoms with E-state index in [4.69, 9.17) is 4.74 Å². The van der Waals surface area contributed by atoms with Crippen LogP contribution < -0.4 is 5.56 Å². The molecule has 0 fully saturated rings. The molecule has 1 aliphatic rings. The molecule has 0 saturated heterocycles. The third kappa shape index (κ3) is 1.51. The Morgan fingerprint density at radius 2 is 2.11 bits per heavy atom. The molecule has 0 N–H and O–H groups in total. The van der Waals surface area contributed by atoms with Gasteiger partial charge >= 0.3 is 0 Å². The van der Waals surface area contributed by atoms with E-state index in [9.17, 15) is 4.79 Å². The van der Waals surface area contributed by atoms with Crippen molar-refractivity contribution in [2.24, 2.45) is 11.0 Å². The topological polar surface area (TPSA) is 56.5 Å². The van der Waals surface area contributed by atoms with Crippen LogP contribution in [0.4, 0.5) is 0 Å². The number of aromatic nitrogens is 2. The van der Waals surface area contributed by atoms with Crippen molar-refractivity contribution in [3.63, 3.8) is 0 Å². The zero-order valence-electron chi connectivity index (χ0n) is 10.2. The molecule has 2 heterocycles. The second-order valence-electron chi connectivity index (χ2n) is 4.63. The Labute approximate surface area is 104 Å². The van der Waals surface area contributed by atoms with Gasteiger partial charge in [0.15, 0.2) is 18.3 Å². The molecule has 5 heteroatoms. The lowest BCUT2D eigenvalue weighted by Gasteiger charge is -2.24. The van der Waals surface area contributed by atoms with Crippen LogP contribution in [0.2, 0.25) is 0 Å². The lowest BCUT2D eigenvalue weighted by Crippen LogP contribution is -2.30. The predicted octanol–water partition coefficient (Wildman–Crippen LogP) is 1.92. The molecule has 0 spiro atoms. The average molecular weight is 243 g/mol. The number of ether oxygens (including phenoxy) is 1. The van der Waals surface area contributed by atoms with Crippen LogP contribution in [0.5, 0.6) is 0 Å². The van der Waals surface area contributed by atoms with E-state index >= 15 is 0 Å². The number of hydrogen-bond acceptors (Lipinski definition) is 4. The summed E-state index contributed by atoms with van der Waals surface area (Å²) in [6, 6.07) is 7.27. The van der Waals surface area contributed by atoms with Crippen LogP contribution in [-0.2, 0) is 4.74 Å². The lowest BCUT2D eigenvalue weighted by molar-refractivity contribution is 0.124. The van der Waals surface area contributed by atoms with Gasteiger partial charge < -0.3 is 4.74 Å². The van der Waals surface area contributed by atoms with Gasteiger partial charge in [0.25, 0.3) is 5.56 Å². The first-order valence-electron chi connectivity index (χ1n) is 5.88. The van der Waals surface area contributed by atoms with Crippen molar-refractivity contribution in [1.82, 2.24) is 9.66 Å². The summed E-state index contributed by atoms with van der Waals surface area (Å²) < 4.78 is 6.79. The first-order chi connectivity index (χ1) is 8.68. The molecule has 0 aliphatic carbocycles. The van der Waals surface area contributed by atoms with Gasteiger partial charge in [-0.1, -0.05) is 26.0 Å². The molecule has 3 rings (SSSR count). The standard InChI is InChI=1S/C13H13N3O2/c1-8(2)11-12-15-10-6-4-3-5-9(10)13(17)16(12)14-7-18-11/h3-8,11H,1-2H3. The van der Waals surface area contributed by atoms with Crippen LogP contribution in [0.25, 0.3) is 10.9 Å². The maximum atomic E-state index is 12.3. The Hall–Kier alpha value is -2.17. The fourth-order valence-corrected chi connectivity index (χ4v) is 2.09. The average Bonchev–Trinajstić information content (AvgIpc) is 2.38. The largest absolute Gasteiger partial charge is 0.470 e. The first-order valence-corrected chi connectivity index (χ1v) is 5.88. The minimum absolute atomic E-state index is 0.152. The van der Waals surface area contributed by atoms with Crippen LogP contribution in [0.1, 0.15) is 25.8 Å². The number of para-hydroxylation sites is 1. The highest BCUT2D eigenvalue weighted by molar-refractivity contribution is 5.77. The number of rotatable bonds is 1. The number of fused-ring (bicyclic) bond motifs is 2. The van der Waals surface area contributed by atoms with E-state index in [1.807, 2.05) is 32.0 Å². The highest BCUT2D eigenvalue weighted by Crippen LogP contribution is 2.26. The van der Waals surface area contributed by atoms with Gasteiger partial charge in [0, 0.05) is 0 Å². The zero-order chi connectivity index (χ0) is 12.7. The van der Waals surface area contributed by atoms with E-state index in [2.05, 4.69) is 10.1 Å². The maximum absolute atomic E-state index is 12.3. The zero-order valence-corrected chi connectivity index (χ0v) is 10.2. The summed E-state index contributed by atoms with van der Waals surface area (Å²) in [4.78, 5) is 16.8. The van der Waals surface area contributed by atoms with Crippen molar-refractivity contribution in [2.75, 3.05) is 0 Å². The maximum Gasteiger partial charge on any atom is 0.282 e. The third-order valence-corrected chi connectivity index (χ3v) is 3.01. The van der Waals surface area contributed by atoms with E-state index in [1.165, 1.54) is 11.1 Å². The van der Waals surface area contributed by atoms with Crippen molar-refractivity contribution >= 4 is 17.3 Å². The van der Waals surface area contributed by atoms with Crippen molar-refractivity contribution in [1.29, 1.82) is 0 Å². The molecule has 1 atom stereocenters. The molecule has 0 bridgehead atoms. The van der Waals surface area contributed by atoms with Gasteiger partial charge in [-0.3, -0.25) is 4.79 Å². The van der Waals surface area contributed by atoms with Gasteiger partial charge in [0.1, 0.15) is 0 Å². The fraction of sp³-hybridized carbons (Fsp3) is 0.308. The molecule has 1 aliphatic heterocycles. The molecule has 1 aromatic carbocycles. The predicted molar refractivity (Wildman–Crippen MR) is 68.6 cm³/mol. The van der Waals surface area contributed by atoms with Crippen LogP contribution in [0.15, 0.2) is 34.2 Å². The molecular weight excluding hydrogens is 230 g/mol. The van der Waals surface area contributed by atoms with Gasteiger partial charge in [0.2, 0.25) is 0 Å². The highest BCUT2D eigenvalue weighted by atomic mass is 16.5.